The maximum atomic E-state index is 12.5. The second-order valence-electron chi connectivity index (χ2n) is 7.43. The van der Waals surface area contributed by atoms with E-state index in [2.05, 4.69) is 25.7 Å². The van der Waals surface area contributed by atoms with Gasteiger partial charge in [0.15, 0.2) is 5.82 Å². The summed E-state index contributed by atoms with van der Waals surface area (Å²) in [6.07, 6.45) is 1.77. The van der Waals surface area contributed by atoms with Crippen LogP contribution in [0.25, 0.3) is 0 Å². The standard InChI is InChI=1S/C23H25N5O2/c1-16-11-17(2)13-18(12-16)23(29)26-20-5-3-19(4-6-20)25-22-14-21(15-24-27-22)28-7-9-30-10-8-28/h3-6,11-15H,7-10H2,1-2H3,(H,25,27)(H,26,29). The van der Waals surface area contributed by atoms with E-state index in [1.165, 1.54) is 0 Å². The van der Waals surface area contributed by atoms with E-state index in [1.54, 1.807) is 6.20 Å². The molecule has 30 heavy (non-hydrogen) atoms. The Morgan fingerprint density at radius 1 is 0.967 bits per heavy atom. The number of nitrogens with zero attached hydrogens (tertiary/aromatic N) is 3. The SMILES string of the molecule is Cc1cc(C)cc(C(=O)Nc2ccc(Nc3cc(N4CCOCC4)cnn3)cc2)c1. The van der Waals surface area contributed by atoms with E-state index in [0.29, 0.717) is 11.4 Å². The van der Waals surface area contributed by atoms with Crippen molar-refractivity contribution in [2.45, 2.75) is 13.8 Å². The van der Waals surface area contributed by atoms with E-state index < -0.39 is 0 Å². The first-order chi connectivity index (χ1) is 14.6. The second kappa shape index (κ2) is 8.92. The molecule has 2 heterocycles. The van der Waals surface area contributed by atoms with Gasteiger partial charge >= 0.3 is 0 Å². The summed E-state index contributed by atoms with van der Waals surface area (Å²) in [7, 11) is 0. The normalized spacial score (nSPS) is 13.7. The van der Waals surface area contributed by atoms with Crippen molar-refractivity contribution >= 4 is 28.8 Å². The number of aryl methyl sites for hydroxylation is 2. The van der Waals surface area contributed by atoms with Crippen LogP contribution in [0.4, 0.5) is 22.9 Å². The molecule has 0 spiro atoms. The van der Waals surface area contributed by atoms with Gasteiger partial charge in [-0.1, -0.05) is 17.2 Å². The molecule has 0 bridgehead atoms. The van der Waals surface area contributed by atoms with Crippen LogP contribution in [0, 0.1) is 13.8 Å². The summed E-state index contributed by atoms with van der Waals surface area (Å²) in [5.41, 5.74) is 5.42. The van der Waals surface area contributed by atoms with Crippen LogP contribution < -0.4 is 15.5 Å². The predicted molar refractivity (Wildman–Crippen MR) is 119 cm³/mol. The van der Waals surface area contributed by atoms with E-state index in [1.807, 2.05) is 62.4 Å². The Morgan fingerprint density at radius 2 is 1.63 bits per heavy atom. The van der Waals surface area contributed by atoms with Crippen molar-refractivity contribution in [2.24, 2.45) is 0 Å². The molecular weight excluding hydrogens is 378 g/mol. The van der Waals surface area contributed by atoms with Crippen molar-refractivity contribution < 1.29 is 9.53 Å². The van der Waals surface area contributed by atoms with Gasteiger partial charge in [0.2, 0.25) is 0 Å². The molecule has 7 nitrogen and oxygen atoms in total. The van der Waals surface area contributed by atoms with Crippen LogP contribution in [0.1, 0.15) is 21.5 Å². The molecule has 1 aromatic heterocycles. The predicted octanol–water partition coefficient (Wildman–Crippen LogP) is 3.93. The summed E-state index contributed by atoms with van der Waals surface area (Å²) in [5, 5.41) is 14.5. The van der Waals surface area contributed by atoms with Crippen LogP contribution in [0.2, 0.25) is 0 Å². The monoisotopic (exact) mass is 403 g/mol. The number of ether oxygens (including phenoxy) is 1. The molecule has 7 heteroatoms. The minimum Gasteiger partial charge on any atom is -0.378 e. The molecule has 0 unspecified atom stereocenters. The molecule has 4 rings (SSSR count). The summed E-state index contributed by atoms with van der Waals surface area (Å²) >= 11 is 0. The largest absolute Gasteiger partial charge is 0.378 e. The zero-order valence-corrected chi connectivity index (χ0v) is 17.2. The van der Waals surface area contributed by atoms with Crippen molar-refractivity contribution in [1.82, 2.24) is 10.2 Å². The average molecular weight is 403 g/mol. The van der Waals surface area contributed by atoms with Gasteiger partial charge in [0.25, 0.3) is 5.91 Å². The molecule has 154 valence electrons. The first kappa shape index (κ1) is 19.8. The van der Waals surface area contributed by atoms with Gasteiger partial charge in [0, 0.05) is 36.1 Å². The summed E-state index contributed by atoms with van der Waals surface area (Å²) < 4.78 is 5.40. The molecular formula is C23H25N5O2. The zero-order chi connectivity index (χ0) is 20.9. The fourth-order valence-electron chi connectivity index (χ4n) is 3.51. The van der Waals surface area contributed by atoms with Crippen LogP contribution in [-0.4, -0.2) is 42.4 Å². The molecule has 1 aliphatic heterocycles. The van der Waals surface area contributed by atoms with Gasteiger partial charge in [-0.15, -0.1) is 5.10 Å². The highest BCUT2D eigenvalue weighted by Gasteiger charge is 2.12. The van der Waals surface area contributed by atoms with E-state index in [-0.39, 0.29) is 5.91 Å². The third-order valence-corrected chi connectivity index (χ3v) is 4.92. The number of benzene rings is 2. The highest BCUT2D eigenvalue weighted by atomic mass is 16.5. The summed E-state index contributed by atoms with van der Waals surface area (Å²) in [6, 6.07) is 15.3. The number of morpholine rings is 1. The van der Waals surface area contributed by atoms with Gasteiger partial charge in [0.1, 0.15) is 0 Å². The number of nitrogens with one attached hydrogen (secondary N) is 2. The number of amides is 1. The lowest BCUT2D eigenvalue weighted by Crippen LogP contribution is -2.36. The Kier molecular flexibility index (Phi) is 5.90. The summed E-state index contributed by atoms with van der Waals surface area (Å²) in [6.45, 7) is 7.11. The average Bonchev–Trinajstić information content (AvgIpc) is 2.75. The quantitative estimate of drug-likeness (QED) is 0.672. The Balaban J connectivity index is 1.41. The first-order valence-electron chi connectivity index (χ1n) is 9.99. The first-order valence-corrected chi connectivity index (χ1v) is 9.99. The van der Waals surface area contributed by atoms with Gasteiger partial charge in [-0.2, -0.15) is 5.10 Å². The van der Waals surface area contributed by atoms with Gasteiger partial charge in [-0.3, -0.25) is 4.79 Å². The Hall–Kier alpha value is -3.45. The van der Waals surface area contributed by atoms with Crippen molar-refractivity contribution in [2.75, 3.05) is 41.8 Å². The van der Waals surface area contributed by atoms with Crippen molar-refractivity contribution in [3.63, 3.8) is 0 Å². The molecule has 1 amide bonds. The third-order valence-electron chi connectivity index (χ3n) is 4.92. The van der Waals surface area contributed by atoms with Crippen LogP contribution >= 0.6 is 0 Å². The molecule has 1 fully saturated rings. The van der Waals surface area contributed by atoms with Crippen LogP contribution in [0.5, 0.6) is 0 Å². The van der Waals surface area contributed by atoms with Crippen molar-refractivity contribution in [3.8, 4) is 0 Å². The molecule has 0 aliphatic carbocycles. The van der Waals surface area contributed by atoms with Crippen molar-refractivity contribution in [3.05, 3.63) is 71.4 Å². The van der Waals surface area contributed by atoms with Crippen LogP contribution in [0.15, 0.2) is 54.7 Å². The number of carbonyl (C=O) groups is 1. The number of carbonyl (C=O) groups excluding carboxylic acids is 1. The molecule has 3 aromatic rings. The molecule has 0 radical (unpaired) electrons. The Morgan fingerprint density at radius 3 is 2.33 bits per heavy atom. The molecule has 0 saturated carbocycles. The van der Waals surface area contributed by atoms with Gasteiger partial charge in [-0.05, 0) is 50.2 Å². The lowest BCUT2D eigenvalue weighted by Gasteiger charge is -2.28. The second-order valence-corrected chi connectivity index (χ2v) is 7.43. The van der Waals surface area contributed by atoms with E-state index >= 15 is 0 Å². The summed E-state index contributed by atoms with van der Waals surface area (Å²) in [5.74, 6) is 0.553. The lowest BCUT2D eigenvalue weighted by atomic mass is 10.1. The minimum absolute atomic E-state index is 0.119. The van der Waals surface area contributed by atoms with E-state index in [4.69, 9.17) is 4.74 Å². The zero-order valence-electron chi connectivity index (χ0n) is 17.2. The van der Waals surface area contributed by atoms with E-state index in [9.17, 15) is 4.79 Å². The van der Waals surface area contributed by atoms with Crippen LogP contribution in [0.3, 0.4) is 0 Å². The highest BCUT2D eigenvalue weighted by molar-refractivity contribution is 6.04. The highest BCUT2D eigenvalue weighted by Crippen LogP contribution is 2.22. The number of aromatic nitrogens is 2. The lowest BCUT2D eigenvalue weighted by molar-refractivity contribution is 0.102. The van der Waals surface area contributed by atoms with Crippen LogP contribution in [-0.2, 0) is 4.74 Å². The van der Waals surface area contributed by atoms with Gasteiger partial charge in [-0.25, -0.2) is 0 Å². The molecule has 1 aliphatic rings. The number of hydrogen-bond acceptors (Lipinski definition) is 6. The number of hydrogen-bond donors (Lipinski definition) is 2. The third kappa shape index (κ3) is 4.93. The number of anilines is 4. The minimum atomic E-state index is -0.119. The Labute approximate surface area is 176 Å². The molecule has 2 aromatic carbocycles. The smallest absolute Gasteiger partial charge is 0.255 e. The molecule has 1 saturated heterocycles. The number of rotatable bonds is 5. The summed E-state index contributed by atoms with van der Waals surface area (Å²) in [4.78, 5) is 14.8. The Bertz CT molecular complexity index is 1010. The maximum absolute atomic E-state index is 12.5. The maximum Gasteiger partial charge on any atom is 0.255 e. The fraction of sp³-hybridized carbons (Fsp3) is 0.261. The van der Waals surface area contributed by atoms with Crippen molar-refractivity contribution in [1.29, 1.82) is 0 Å². The van der Waals surface area contributed by atoms with Gasteiger partial charge < -0.3 is 20.3 Å². The van der Waals surface area contributed by atoms with E-state index in [0.717, 1.165) is 54.5 Å². The fourth-order valence-corrected chi connectivity index (χ4v) is 3.51. The molecule has 0 atom stereocenters. The van der Waals surface area contributed by atoms with Gasteiger partial charge in [0.05, 0.1) is 25.1 Å². The topological polar surface area (TPSA) is 79.4 Å². The molecule has 2 N–H and O–H groups in total.